The summed E-state index contributed by atoms with van der Waals surface area (Å²) in [6.45, 7) is 3.78. The number of ketones is 1. The van der Waals surface area contributed by atoms with Crippen molar-refractivity contribution in [3.05, 3.63) is 54.5 Å². The number of Topliss-reactive ketones (excluding diaryl/α,β-unsaturated/α-hetero) is 1. The average Bonchev–Trinajstić information content (AvgIpc) is 2.85. The Kier molecular flexibility index (Phi) is 6.54. The van der Waals surface area contributed by atoms with Crippen LogP contribution in [-0.4, -0.2) is 45.5 Å². The molecular weight excluding hydrogens is 396 g/mol. The molecule has 3 heterocycles. The Morgan fingerprint density at radius 1 is 0.969 bits per heavy atom. The van der Waals surface area contributed by atoms with Gasteiger partial charge in [-0.1, -0.05) is 18.6 Å². The third-order valence-electron chi connectivity index (χ3n) is 7.27. The number of carbonyl (C=O) groups excluding carboxylic acids is 1. The molecule has 166 valence electrons. The lowest BCUT2D eigenvalue weighted by Gasteiger charge is -2.34. The number of likely N-dealkylation sites (tertiary alicyclic amines) is 1. The second kappa shape index (κ2) is 9.86. The Morgan fingerprint density at radius 3 is 2.59 bits per heavy atom. The fraction of sp³-hybridized carbons (Fsp3) is 0.481. The topological polar surface area (TPSA) is 59.0 Å². The standard InChI is InChI=1S/C27H32N4O/c32-27(21-8-6-20(7-9-21)19-31-13-2-1-3-14-31)17-25-16-24-15-22(10-11-23(24)18-28-25)26-5-4-12-29-30-26/h4-5,10-12,15-16,18,20-21H,1-3,6-9,13-14,17,19H2. The number of nitrogens with zero attached hydrogens (tertiary/aromatic N) is 4. The van der Waals surface area contributed by atoms with Gasteiger partial charge in [-0.05, 0) is 87.2 Å². The summed E-state index contributed by atoms with van der Waals surface area (Å²) in [6, 6.07) is 12.1. The first kappa shape index (κ1) is 21.2. The minimum atomic E-state index is 0.205. The highest BCUT2D eigenvalue weighted by atomic mass is 16.1. The first-order valence-electron chi connectivity index (χ1n) is 12.2. The van der Waals surface area contributed by atoms with Crippen LogP contribution in [0.1, 0.15) is 50.6 Å². The largest absolute Gasteiger partial charge is 0.303 e. The molecule has 2 aromatic heterocycles. The summed E-state index contributed by atoms with van der Waals surface area (Å²) in [6.07, 6.45) is 12.6. The molecule has 1 saturated heterocycles. The van der Waals surface area contributed by atoms with Crippen molar-refractivity contribution in [2.45, 2.75) is 51.4 Å². The third kappa shape index (κ3) is 5.04. The minimum Gasteiger partial charge on any atom is -0.303 e. The van der Waals surface area contributed by atoms with Crippen molar-refractivity contribution in [1.82, 2.24) is 20.1 Å². The van der Waals surface area contributed by atoms with Gasteiger partial charge in [-0.15, -0.1) is 0 Å². The second-order valence-corrected chi connectivity index (χ2v) is 9.57. The van der Waals surface area contributed by atoms with Gasteiger partial charge in [0.1, 0.15) is 5.78 Å². The van der Waals surface area contributed by atoms with E-state index in [9.17, 15) is 4.79 Å². The van der Waals surface area contributed by atoms with Gasteiger partial charge in [0, 0.05) is 47.9 Å². The maximum absolute atomic E-state index is 13.0. The monoisotopic (exact) mass is 428 g/mol. The first-order chi connectivity index (χ1) is 15.7. The maximum Gasteiger partial charge on any atom is 0.141 e. The van der Waals surface area contributed by atoms with Crippen LogP contribution in [0.3, 0.4) is 0 Å². The number of rotatable bonds is 6. The van der Waals surface area contributed by atoms with Crippen molar-refractivity contribution >= 4 is 16.6 Å². The number of pyridine rings is 1. The van der Waals surface area contributed by atoms with Crippen LogP contribution in [-0.2, 0) is 11.2 Å². The number of fused-ring (bicyclic) bond motifs is 1. The molecule has 1 aromatic carbocycles. The molecule has 5 nitrogen and oxygen atoms in total. The minimum absolute atomic E-state index is 0.205. The molecule has 5 heteroatoms. The first-order valence-corrected chi connectivity index (χ1v) is 12.2. The molecule has 1 saturated carbocycles. The van der Waals surface area contributed by atoms with Crippen LogP contribution in [0.5, 0.6) is 0 Å². The quantitative estimate of drug-likeness (QED) is 0.547. The summed E-state index contributed by atoms with van der Waals surface area (Å²) >= 11 is 0. The van der Waals surface area contributed by atoms with E-state index < -0.39 is 0 Å². The predicted octanol–water partition coefficient (Wildman–Crippen LogP) is 5.10. The van der Waals surface area contributed by atoms with Gasteiger partial charge in [-0.3, -0.25) is 9.78 Å². The maximum atomic E-state index is 13.0. The molecule has 0 N–H and O–H groups in total. The summed E-state index contributed by atoms with van der Waals surface area (Å²) in [4.78, 5) is 20.2. The molecule has 32 heavy (non-hydrogen) atoms. The molecule has 0 bridgehead atoms. The molecule has 1 aliphatic heterocycles. The second-order valence-electron chi connectivity index (χ2n) is 9.57. The van der Waals surface area contributed by atoms with Gasteiger partial charge >= 0.3 is 0 Å². The van der Waals surface area contributed by atoms with Crippen LogP contribution in [0.2, 0.25) is 0 Å². The molecule has 0 unspecified atom stereocenters. The van der Waals surface area contributed by atoms with Crippen molar-refractivity contribution < 1.29 is 4.79 Å². The Hall–Kier alpha value is -2.66. The Labute approximate surface area is 190 Å². The van der Waals surface area contributed by atoms with Gasteiger partial charge in [-0.2, -0.15) is 10.2 Å². The Bertz CT molecular complexity index is 1050. The lowest BCUT2D eigenvalue weighted by Crippen LogP contribution is -2.36. The normalized spacial score (nSPS) is 22.1. The smallest absolute Gasteiger partial charge is 0.141 e. The lowest BCUT2D eigenvalue weighted by molar-refractivity contribution is -0.123. The summed E-state index contributed by atoms with van der Waals surface area (Å²) in [5.74, 6) is 1.34. The highest BCUT2D eigenvalue weighted by molar-refractivity contribution is 5.88. The van der Waals surface area contributed by atoms with Gasteiger partial charge in [0.2, 0.25) is 0 Å². The van der Waals surface area contributed by atoms with Crippen molar-refractivity contribution in [2.24, 2.45) is 11.8 Å². The number of piperidine rings is 1. The summed E-state index contributed by atoms with van der Waals surface area (Å²) < 4.78 is 0. The van der Waals surface area contributed by atoms with E-state index in [4.69, 9.17) is 0 Å². The van der Waals surface area contributed by atoms with E-state index in [1.54, 1.807) is 6.20 Å². The zero-order chi connectivity index (χ0) is 21.8. The number of carbonyl (C=O) groups is 1. The van der Waals surface area contributed by atoms with Crippen molar-refractivity contribution in [1.29, 1.82) is 0 Å². The molecule has 0 amide bonds. The van der Waals surface area contributed by atoms with E-state index in [1.165, 1.54) is 51.7 Å². The van der Waals surface area contributed by atoms with E-state index in [0.717, 1.165) is 46.5 Å². The molecule has 0 atom stereocenters. The molecule has 0 radical (unpaired) electrons. The molecule has 2 aliphatic rings. The van der Waals surface area contributed by atoms with Crippen molar-refractivity contribution in [3.8, 4) is 11.3 Å². The van der Waals surface area contributed by atoms with Gasteiger partial charge in [0.25, 0.3) is 0 Å². The summed E-state index contributed by atoms with van der Waals surface area (Å²) in [5.41, 5.74) is 2.75. The van der Waals surface area contributed by atoms with E-state index in [1.807, 2.05) is 24.4 Å². The van der Waals surface area contributed by atoms with E-state index in [0.29, 0.717) is 12.2 Å². The van der Waals surface area contributed by atoms with Gasteiger partial charge in [0.15, 0.2) is 0 Å². The molecular formula is C27H32N4O. The SMILES string of the molecule is O=C(Cc1cc2cc(-c3cccnn3)ccc2cn1)C1CCC(CN2CCCCC2)CC1. The number of aromatic nitrogens is 3. The number of benzene rings is 1. The van der Waals surface area contributed by atoms with Gasteiger partial charge in [0.05, 0.1) is 5.69 Å². The fourth-order valence-electron chi connectivity index (χ4n) is 5.40. The van der Waals surface area contributed by atoms with Crippen molar-refractivity contribution in [3.63, 3.8) is 0 Å². The van der Waals surface area contributed by atoms with Crippen LogP contribution in [0.4, 0.5) is 0 Å². The number of hydrogen-bond donors (Lipinski definition) is 0. The highest BCUT2D eigenvalue weighted by Crippen LogP contribution is 2.31. The molecule has 2 fully saturated rings. The third-order valence-corrected chi connectivity index (χ3v) is 7.27. The van der Waals surface area contributed by atoms with Crippen LogP contribution in [0, 0.1) is 11.8 Å². The van der Waals surface area contributed by atoms with Crippen molar-refractivity contribution in [2.75, 3.05) is 19.6 Å². The average molecular weight is 429 g/mol. The van der Waals surface area contributed by atoms with Gasteiger partial charge < -0.3 is 4.90 Å². The zero-order valence-corrected chi connectivity index (χ0v) is 18.7. The summed E-state index contributed by atoms with van der Waals surface area (Å²) in [7, 11) is 0. The molecule has 3 aromatic rings. The summed E-state index contributed by atoms with van der Waals surface area (Å²) in [5, 5.41) is 10.4. The van der Waals surface area contributed by atoms with Crippen LogP contribution in [0.15, 0.2) is 48.8 Å². The lowest BCUT2D eigenvalue weighted by atomic mass is 9.79. The molecule has 0 spiro atoms. The predicted molar refractivity (Wildman–Crippen MR) is 127 cm³/mol. The van der Waals surface area contributed by atoms with Crippen LogP contribution < -0.4 is 0 Å². The zero-order valence-electron chi connectivity index (χ0n) is 18.7. The van der Waals surface area contributed by atoms with E-state index >= 15 is 0 Å². The highest BCUT2D eigenvalue weighted by Gasteiger charge is 2.27. The Morgan fingerprint density at radius 2 is 1.81 bits per heavy atom. The van der Waals surface area contributed by atoms with Gasteiger partial charge in [-0.25, -0.2) is 0 Å². The van der Waals surface area contributed by atoms with Crippen LogP contribution in [0.25, 0.3) is 22.0 Å². The van der Waals surface area contributed by atoms with E-state index in [2.05, 4.69) is 38.3 Å². The number of hydrogen-bond acceptors (Lipinski definition) is 5. The van der Waals surface area contributed by atoms with Crippen LogP contribution >= 0.6 is 0 Å². The molecule has 5 rings (SSSR count). The molecule has 1 aliphatic carbocycles. The van der Waals surface area contributed by atoms with E-state index in [-0.39, 0.29) is 5.92 Å². The Balaban J connectivity index is 1.20. The fourth-order valence-corrected chi connectivity index (χ4v) is 5.40.